The third kappa shape index (κ3) is 4.10. The van der Waals surface area contributed by atoms with Crippen LogP contribution in [0.25, 0.3) is 6.08 Å². The van der Waals surface area contributed by atoms with Gasteiger partial charge in [-0.2, -0.15) is 0 Å². The molecular formula is C19H14Br2N2O5. The van der Waals surface area contributed by atoms with Crippen molar-refractivity contribution >= 4 is 61.4 Å². The molecule has 28 heavy (non-hydrogen) atoms. The number of anilines is 1. The highest BCUT2D eigenvalue weighted by Gasteiger charge is 2.34. The molecule has 2 N–H and O–H groups in total. The normalized spacial score (nSPS) is 16.2. The monoisotopic (exact) mass is 508 g/mol. The molecule has 3 rings (SSSR count). The van der Waals surface area contributed by atoms with Crippen LogP contribution in [0.4, 0.5) is 5.69 Å². The summed E-state index contributed by atoms with van der Waals surface area (Å²) in [6, 6.07) is 12.0. The summed E-state index contributed by atoms with van der Waals surface area (Å²) in [4.78, 5) is 35.9. The molecule has 7 nitrogen and oxygen atoms in total. The average molecular weight is 510 g/mol. The molecule has 144 valence electrons. The first-order valence-electron chi connectivity index (χ1n) is 8.08. The maximum absolute atomic E-state index is 12.6. The van der Waals surface area contributed by atoms with Crippen molar-refractivity contribution in [2.45, 2.75) is 13.0 Å². The first kappa shape index (κ1) is 20.1. The number of hydrogen-bond donors (Lipinski definition) is 2. The molecule has 0 radical (unpaired) electrons. The molecule has 1 aliphatic rings. The fourth-order valence-electron chi connectivity index (χ4n) is 2.49. The first-order chi connectivity index (χ1) is 13.3. The highest BCUT2D eigenvalue weighted by atomic mass is 79.9. The first-order valence-corrected chi connectivity index (χ1v) is 9.67. The third-order valence-corrected chi connectivity index (χ3v) is 5.06. The second kappa shape index (κ2) is 8.15. The van der Waals surface area contributed by atoms with Gasteiger partial charge in [-0.25, -0.2) is 9.80 Å². The van der Waals surface area contributed by atoms with Crippen molar-refractivity contribution in [3.05, 3.63) is 62.5 Å². The van der Waals surface area contributed by atoms with E-state index < -0.39 is 23.9 Å². The molecule has 1 fully saturated rings. The van der Waals surface area contributed by atoms with Gasteiger partial charge in [0, 0.05) is 0 Å². The van der Waals surface area contributed by atoms with E-state index in [9.17, 15) is 14.4 Å². The van der Waals surface area contributed by atoms with Gasteiger partial charge < -0.3 is 9.84 Å². The summed E-state index contributed by atoms with van der Waals surface area (Å²) in [5, 5.41) is 10.2. The van der Waals surface area contributed by atoms with Crippen molar-refractivity contribution in [2.75, 3.05) is 5.01 Å². The molecule has 0 aliphatic carbocycles. The van der Waals surface area contributed by atoms with E-state index in [0.29, 0.717) is 25.9 Å². The van der Waals surface area contributed by atoms with Crippen LogP contribution in [0.3, 0.4) is 0 Å². The maximum Gasteiger partial charge on any atom is 0.344 e. The number of benzene rings is 2. The fraction of sp³-hybridized carbons (Fsp3) is 0.105. The number of amides is 2. The van der Waals surface area contributed by atoms with Crippen molar-refractivity contribution in [2.24, 2.45) is 0 Å². The molecule has 0 unspecified atom stereocenters. The van der Waals surface area contributed by atoms with Crippen LogP contribution in [0.1, 0.15) is 12.5 Å². The number of hydrazine groups is 1. The standard InChI is InChI=1S/C19H14Br2N2O5/c1-10(19(26)27)28-16-14(20)8-11(9-15(16)21)7-13-17(24)22-23(18(13)25)12-5-3-2-4-6-12/h2-10H,1H3,(H,22,24)(H,26,27)/b13-7-/t10-/m1/s1. The lowest BCUT2D eigenvalue weighted by molar-refractivity contribution is -0.144. The van der Waals surface area contributed by atoms with E-state index in [1.165, 1.54) is 18.0 Å². The van der Waals surface area contributed by atoms with Crippen LogP contribution in [0.5, 0.6) is 5.75 Å². The molecule has 9 heteroatoms. The van der Waals surface area contributed by atoms with E-state index in [-0.39, 0.29) is 5.57 Å². The lowest BCUT2D eigenvalue weighted by Gasteiger charge is -2.14. The Morgan fingerprint density at radius 1 is 1.18 bits per heavy atom. The Bertz CT molecular complexity index is 968. The predicted molar refractivity (Wildman–Crippen MR) is 110 cm³/mol. The van der Waals surface area contributed by atoms with E-state index in [1.54, 1.807) is 36.4 Å². The number of ether oxygens (including phenoxy) is 1. The zero-order chi connectivity index (χ0) is 20.4. The zero-order valence-electron chi connectivity index (χ0n) is 14.5. The van der Waals surface area contributed by atoms with Crippen LogP contribution in [0.15, 0.2) is 57.0 Å². The Morgan fingerprint density at radius 2 is 1.79 bits per heavy atom. The topological polar surface area (TPSA) is 95.9 Å². The molecule has 2 aromatic carbocycles. The van der Waals surface area contributed by atoms with Crippen LogP contribution < -0.4 is 15.2 Å². The molecule has 1 saturated heterocycles. The Balaban J connectivity index is 1.90. The summed E-state index contributed by atoms with van der Waals surface area (Å²) in [5.74, 6) is -1.77. The van der Waals surface area contributed by atoms with Crippen LogP contribution in [0.2, 0.25) is 0 Å². The Hall–Kier alpha value is -2.65. The van der Waals surface area contributed by atoms with Gasteiger partial charge in [-0.1, -0.05) is 18.2 Å². The highest BCUT2D eigenvalue weighted by molar-refractivity contribution is 9.11. The van der Waals surface area contributed by atoms with Gasteiger partial charge in [0.25, 0.3) is 11.8 Å². The Labute approximate surface area is 177 Å². The van der Waals surface area contributed by atoms with Gasteiger partial charge in [0.1, 0.15) is 11.3 Å². The lowest BCUT2D eigenvalue weighted by atomic mass is 10.1. The number of carbonyl (C=O) groups excluding carboxylic acids is 2. The maximum atomic E-state index is 12.6. The molecule has 0 aromatic heterocycles. The van der Waals surface area contributed by atoms with Gasteiger partial charge in [0.15, 0.2) is 6.10 Å². The van der Waals surface area contributed by atoms with E-state index in [0.717, 1.165) is 0 Å². The Morgan fingerprint density at radius 3 is 2.36 bits per heavy atom. The number of carbonyl (C=O) groups is 3. The number of carboxylic acids is 1. The minimum Gasteiger partial charge on any atom is -0.479 e. The molecule has 0 spiro atoms. The second-order valence-corrected chi connectivity index (χ2v) is 7.60. The van der Waals surface area contributed by atoms with Gasteiger partial charge in [-0.15, -0.1) is 0 Å². The van der Waals surface area contributed by atoms with Crippen LogP contribution in [0, 0.1) is 0 Å². The number of para-hydroxylation sites is 1. The van der Waals surface area contributed by atoms with Crippen molar-refractivity contribution < 1.29 is 24.2 Å². The molecule has 2 aromatic rings. The van der Waals surface area contributed by atoms with Crippen LogP contribution >= 0.6 is 31.9 Å². The predicted octanol–water partition coefficient (Wildman–Crippen LogP) is 3.52. The van der Waals surface area contributed by atoms with Gasteiger partial charge >= 0.3 is 5.97 Å². The highest BCUT2D eigenvalue weighted by Crippen LogP contribution is 2.36. The van der Waals surface area contributed by atoms with Crippen molar-refractivity contribution in [3.8, 4) is 5.75 Å². The average Bonchev–Trinajstić information content (AvgIpc) is 2.93. The molecular weight excluding hydrogens is 496 g/mol. The quantitative estimate of drug-likeness (QED) is 0.475. The number of aliphatic carboxylic acids is 1. The number of nitrogens with one attached hydrogen (secondary N) is 1. The fourth-order valence-corrected chi connectivity index (χ4v) is 3.89. The number of nitrogens with zero attached hydrogens (tertiary/aromatic N) is 1. The summed E-state index contributed by atoms with van der Waals surface area (Å²) in [5.41, 5.74) is 3.63. The van der Waals surface area contributed by atoms with Crippen molar-refractivity contribution in [1.29, 1.82) is 0 Å². The van der Waals surface area contributed by atoms with E-state index in [1.807, 2.05) is 6.07 Å². The molecule has 0 bridgehead atoms. The van der Waals surface area contributed by atoms with Gasteiger partial charge in [-0.3, -0.25) is 15.0 Å². The Kier molecular flexibility index (Phi) is 5.85. The zero-order valence-corrected chi connectivity index (χ0v) is 17.7. The summed E-state index contributed by atoms with van der Waals surface area (Å²) in [6.07, 6.45) is 0.416. The minimum atomic E-state index is -1.10. The number of rotatable bonds is 5. The number of halogens is 2. The molecule has 1 atom stereocenters. The molecule has 2 amide bonds. The smallest absolute Gasteiger partial charge is 0.344 e. The van der Waals surface area contributed by atoms with Crippen molar-refractivity contribution in [1.82, 2.24) is 5.43 Å². The van der Waals surface area contributed by atoms with Crippen LogP contribution in [-0.2, 0) is 14.4 Å². The van der Waals surface area contributed by atoms with E-state index >= 15 is 0 Å². The van der Waals surface area contributed by atoms with Gasteiger partial charge in [0.05, 0.1) is 14.6 Å². The summed E-state index contributed by atoms with van der Waals surface area (Å²) in [6.45, 7) is 1.41. The largest absolute Gasteiger partial charge is 0.479 e. The third-order valence-electron chi connectivity index (χ3n) is 3.88. The van der Waals surface area contributed by atoms with Crippen LogP contribution in [-0.4, -0.2) is 29.0 Å². The number of hydrogen-bond acceptors (Lipinski definition) is 4. The van der Waals surface area contributed by atoms with E-state index in [2.05, 4.69) is 37.3 Å². The molecule has 1 heterocycles. The van der Waals surface area contributed by atoms with Gasteiger partial charge in [0.2, 0.25) is 0 Å². The minimum absolute atomic E-state index is 0.0183. The van der Waals surface area contributed by atoms with E-state index in [4.69, 9.17) is 9.84 Å². The molecule has 1 aliphatic heterocycles. The second-order valence-electron chi connectivity index (χ2n) is 5.89. The number of carboxylic acid groups (broad SMARTS) is 1. The van der Waals surface area contributed by atoms with Crippen molar-refractivity contribution in [3.63, 3.8) is 0 Å². The SMILES string of the molecule is C[C@@H](Oc1c(Br)cc(/C=C2/C(=O)NN(c3ccccc3)C2=O)cc1Br)C(=O)O. The summed E-state index contributed by atoms with van der Waals surface area (Å²) < 4.78 is 6.37. The lowest BCUT2D eigenvalue weighted by Crippen LogP contribution is -2.35. The van der Waals surface area contributed by atoms with Gasteiger partial charge in [-0.05, 0) is 74.7 Å². The summed E-state index contributed by atoms with van der Waals surface area (Å²) in [7, 11) is 0. The summed E-state index contributed by atoms with van der Waals surface area (Å²) >= 11 is 6.66. The molecule has 0 saturated carbocycles.